The van der Waals surface area contributed by atoms with Gasteiger partial charge in [0.1, 0.15) is 6.61 Å². The van der Waals surface area contributed by atoms with Crippen LogP contribution in [0.15, 0.2) is 42.0 Å². The Balaban J connectivity index is 2.54. The molecule has 0 saturated heterocycles. The number of hydrogen-bond donors (Lipinski definition) is 0. The molecule has 82 valence electrons. The average Bonchev–Trinajstić information content (AvgIpc) is 2.34. The smallest absolute Gasteiger partial charge is 0.330 e. The molecule has 0 atom stereocenters. The second-order valence-corrected chi connectivity index (χ2v) is 3.02. The first-order valence-electron chi connectivity index (χ1n) is 4.64. The molecular weight excluding hydrogens is 206 g/mol. The van der Waals surface area contributed by atoms with Crippen molar-refractivity contribution in [2.75, 3.05) is 0 Å². The van der Waals surface area contributed by atoms with Crippen molar-refractivity contribution in [3.8, 4) is 0 Å². The quantitative estimate of drug-likeness (QED) is 0.250. The van der Waals surface area contributed by atoms with E-state index in [0.717, 1.165) is 17.2 Å². The molecule has 1 aromatic rings. The third-order valence-corrected chi connectivity index (χ3v) is 1.89. The highest BCUT2D eigenvalue weighted by atomic mass is 16.5. The van der Waals surface area contributed by atoms with Crippen molar-refractivity contribution in [2.24, 2.45) is 5.11 Å². The number of rotatable bonds is 5. The van der Waals surface area contributed by atoms with Gasteiger partial charge < -0.3 is 4.74 Å². The predicted molar refractivity (Wildman–Crippen MR) is 59.3 cm³/mol. The first-order valence-corrected chi connectivity index (χ1v) is 4.64. The monoisotopic (exact) mass is 217 g/mol. The average molecular weight is 217 g/mol. The molecule has 0 saturated carbocycles. The summed E-state index contributed by atoms with van der Waals surface area (Å²) in [7, 11) is 0. The number of carbonyl (C=O) groups is 1. The van der Waals surface area contributed by atoms with Gasteiger partial charge in [0.2, 0.25) is 0 Å². The summed E-state index contributed by atoms with van der Waals surface area (Å²) in [4.78, 5) is 13.5. The van der Waals surface area contributed by atoms with Crippen LogP contribution in [-0.4, -0.2) is 5.97 Å². The van der Waals surface area contributed by atoms with Crippen LogP contribution in [0.2, 0.25) is 0 Å². The van der Waals surface area contributed by atoms with Crippen LogP contribution in [0.4, 0.5) is 0 Å². The van der Waals surface area contributed by atoms with E-state index in [2.05, 4.69) is 16.6 Å². The molecule has 0 aliphatic heterocycles. The molecular formula is C11H11N3O2. The van der Waals surface area contributed by atoms with Crippen LogP contribution >= 0.6 is 0 Å². The summed E-state index contributed by atoms with van der Waals surface area (Å²) in [5.74, 6) is -0.446. The zero-order valence-electron chi connectivity index (χ0n) is 8.67. The van der Waals surface area contributed by atoms with E-state index in [-0.39, 0.29) is 6.61 Å². The van der Waals surface area contributed by atoms with Crippen molar-refractivity contribution in [1.29, 1.82) is 0 Å². The van der Waals surface area contributed by atoms with E-state index < -0.39 is 5.97 Å². The van der Waals surface area contributed by atoms with Gasteiger partial charge in [-0.05, 0) is 16.7 Å². The third-order valence-electron chi connectivity index (χ3n) is 1.89. The van der Waals surface area contributed by atoms with Gasteiger partial charge in [-0.1, -0.05) is 36.0 Å². The summed E-state index contributed by atoms with van der Waals surface area (Å²) in [6.45, 7) is 3.84. The number of azide groups is 1. The lowest BCUT2D eigenvalue weighted by Crippen LogP contribution is -2.00. The van der Waals surface area contributed by atoms with Gasteiger partial charge in [0.15, 0.2) is 0 Å². The maximum absolute atomic E-state index is 10.8. The summed E-state index contributed by atoms with van der Waals surface area (Å²) in [6.07, 6.45) is 1.12. The molecule has 0 unspecified atom stereocenters. The number of ether oxygens (including phenoxy) is 1. The van der Waals surface area contributed by atoms with Crippen molar-refractivity contribution >= 4 is 5.97 Å². The van der Waals surface area contributed by atoms with Crippen LogP contribution in [0.5, 0.6) is 0 Å². The minimum absolute atomic E-state index is 0.215. The largest absolute Gasteiger partial charge is 0.458 e. The Labute approximate surface area is 93.0 Å². The summed E-state index contributed by atoms with van der Waals surface area (Å²) in [6, 6.07) is 7.29. The Bertz CT molecular complexity index is 419. The lowest BCUT2D eigenvalue weighted by Gasteiger charge is -2.02. The van der Waals surface area contributed by atoms with E-state index in [4.69, 9.17) is 10.3 Å². The molecule has 0 spiro atoms. The van der Waals surface area contributed by atoms with Gasteiger partial charge >= 0.3 is 5.97 Å². The Morgan fingerprint density at radius 3 is 2.62 bits per heavy atom. The Kier molecular flexibility index (Phi) is 4.63. The molecule has 0 heterocycles. The second-order valence-electron chi connectivity index (χ2n) is 3.02. The van der Waals surface area contributed by atoms with E-state index >= 15 is 0 Å². The zero-order chi connectivity index (χ0) is 11.8. The molecule has 0 aromatic heterocycles. The van der Waals surface area contributed by atoms with E-state index in [1.165, 1.54) is 0 Å². The summed E-state index contributed by atoms with van der Waals surface area (Å²) in [5, 5.41) is 3.44. The fraction of sp³-hybridized carbons (Fsp3) is 0.182. The number of nitrogens with zero attached hydrogens (tertiary/aromatic N) is 3. The minimum Gasteiger partial charge on any atom is -0.458 e. The van der Waals surface area contributed by atoms with Crippen LogP contribution < -0.4 is 0 Å². The van der Waals surface area contributed by atoms with Gasteiger partial charge in [-0.2, -0.15) is 0 Å². The van der Waals surface area contributed by atoms with E-state index in [9.17, 15) is 4.79 Å². The number of esters is 1. The van der Waals surface area contributed by atoms with Crippen molar-refractivity contribution in [2.45, 2.75) is 13.2 Å². The molecule has 5 heteroatoms. The van der Waals surface area contributed by atoms with Gasteiger partial charge in [0.05, 0.1) is 6.54 Å². The first kappa shape index (κ1) is 11.8. The van der Waals surface area contributed by atoms with E-state index in [1.807, 2.05) is 24.3 Å². The molecule has 0 amide bonds. The normalized spacial score (nSPS) is 9.00. The lowest BCUT2D eigenvalue weighted by molar-refractivity contribution is -0.138. The van der Waals surface area contributed by atoms with Crippen LogP contribution in [-0.2, 0) is 22.7 Å². The van der Waals surface area contributed by atoms with Gasteiger partial charge in [-0.25, -0.2) is 4.79 Å². The Hall–Kier alpha value is -2.26. The summed E-state index contributed by atoms with van der Waals surface area (Å²) >= 11 is 0. The second kappa shape index (κ2) is 6.27. The molecule has 0 bridgehead atoms. The first-order chi connectivity index (χ1) is 7.76. The molecule has 5 nitrogen and oxygen atoms in total. The van der Waals surface area contributed by atoms with Crippen molar-refractivity contribution in [3.63, 3.8) is 0 Å². The molecule has 1 aromatic carbocycles. The fourth-order valence-corrected chi connectivity index (χ4v) is 1.07. The van der Waals surface area contributed by atoms with E-state index in [0.29, 0.717) is 6.54 Å². The van der Waals surface area contributed by atoms with Crippen LogP contribution in [0.3, 0.4) is 0 Å². The molecule has 0 aliphatic carbocycles. The molecule has 16 heavy (non-hydrogen) atoms. The molecule has 0 radical (unpaired) electrons. The highest BCUT2D eigenvalue weighted by Gasteiger charge is 1.98. The Morgan fingerprint density at radius 1 is 1.44 bits per heavy atom. The number of carbonyl (C=O) groups excluding carboxylic acids is 1. The topological polar surface area (TPSA) is 75.1 Å². The van der Waals surface area contributed by atoms with Crippen molar-refractivity contribution in [1.82, 2.24) is 0 Å². The molecule has 0 N–H and O–H groups in total. The maximum Gasteiger partial charge on any atom is 0.330 e. The molecule has 0 fully saturated rings. The van der Waals surface area contributed by atoms with Gasteiger partial charge in [0.25, 0.3) is 0 Å². The van der Waals surface area contributed by atoms with E-state index in [1.54, 1.807) is 0 Å². The summed E-state index contributed by atoms with van der Waals surface area (Å²) in [5.41, 5.74) is 9.93. The van der Waals surface area contributed by atoms with Crippen molar-refractivity contribution in [3.05, 3.63) is 58.5 Å². The lowest BCUT2D eigenvalue weighted by atomic mass is 10.1. The standard InChI is InChI=1S/C11H11N3O2/c1-2-11(15)16-8-10-5-3-9(4-6-10)7-13-14-12/h2-6H,1,7-8H2. The minimum atomic E-state index is -0.446. The highest BCUT2D eigenvalue weighted by molar-refractivity contribution is 5.81. The molecule has 1 rings (SSSR count). The van der Waals surface area contributed by atoms with Crippen LogP contribution in [0.1, 0.15) is 11.1 Å². The predicted octanol–water partition coefficient (Wildman–Crippen LogP) is 2.73. The SMILES string of the molecule is C=CC(=O)OCc1ccc(CN=[N+]=[N-])cc1. The molecule has 0 aliphatic rings. The fourth-order valence-electron chi connectivity index (χ4n) is 1.07. The number of benzene rings is 1. The van der Waals surface area contributed by atoms with Crippen LogP contribution in [0, 0.1) is 0 Å². The van der Waals surface area contributed by atoms with Gasteiger partial charge in [-0.3, -0.25) is 0 Å². The maximum atomic E-state index is 10.8. The van der Waals surface area contributed by atoms with Crippen molar-refractivity contribution < 1.29 is 9.53 Å². The highest BCUT2D eigenvalue weighted by Crippen LogP contribution is 2.07. The number of hydrogen-bond acceptors (Lipinski definition) is 3. The third kappa shape index (κ3) is 3.86. The van der Waals surface area contributed by atoms with Crippen LogP contribution in [0.25, 0.3) is 10.4 Å². The zero-order valence-corrected chi connectivity index (χ0v) is 8.67. The van der Waals surface area contributed by atoms with Gasteiger partial charge in [0, 0.05) is 11.0 Å². The summed E-state index contributed by atoms with van der Waals surface area (Å²) < 4.78 is 4.86. The van der Waals surface area contributed by atoms with Gasteiger partial charge in [-0.15, -0.1) is 0 Å². The Morgan fingerprint density at radius 2 is 2.06 bits per heavy atom.